The SMILES string of the molecule is Cc1nc(CNC(=O)C2(O)CCSC2)c(C)s1. The number of hydrogen-bond donors (Lipinski definition) is 2. The van der Waals surface area contributed by atoms with Crippen LogP contribution < -0.4 is 5.32 Å². The van der Waals surface area contributed by atoms with Crippen LogP contribution in [0.5, 0.6) is 0 Å². The number of nitrogens with one attached hydrogen (secondary N) is 1. The maximum Gasteiger partial charge on any atom is 0.253 e. The maximum atomic E-state index is 11.9. The van der Waals surface area contributed by atoms with E-state index in [0.717, 1.165) is 21.3 Å². The molecule has 1 saturated heterocycles. The summed E-state index contributed by atoms with van der Waals surface area (Å²) < 4.78 is 0. The predicted octanol–water partition coefficient (Wildman–Crippen LogP) is 1.24. The van der Waals surface area contributed by atoms with Crippen LogP contribution in [0.4, 0.5) is 0 Å². The van der Waals surface area contributed by atoms with Gasteiger partial charge in [0.1, 0.15) is 0 Å². The lowest BCUT2D eigenvalue weighted by Crippen LogP contribution is -2.46. The molecule has 1 atom stereocenters. The van der Waals surface area contributed by atoms with Gasteiger partial charge in [0, 0.05) is 10.6 Å². The largest absolute Gasteiger partial charge is 0.379 e. The number of nitrogens with zero attached hydrogens (tertiary/aromatic N) is 1. The normalized spacial score (nSPS) is 23.9. The summed E-state index contributed by atoms with van der Waals surface area (Å²) in [6, 6.07) is 0. The molecule has 1 aliphatic rings. The Morgan fingerprint density at radius 1 is 1.59 bits per heavy atom. The Kier molecular flexibility index (Phi) is 3.75. The molecule has 0 aliphatic carbocycles. The lowest BCUT2D eigenvalue weighted by Gasteiger charge is -2.19. The van der Waals surface area contributed by atoms with Gasteiger partial charge in [-0.1, -0.05) is 0 Å². The molecule has 1 fully saturated rings. The van der Waals surface area contributed by atoms with E-state index in [1.54, 1.807) is 23.1 Å². The Balaban J connectivity index is 1.94. The number of aliphatic hydroxyl groups is 1. The van der Waals surface area contributed by atoms with Gasteiger partial charge in [0.05, 0.1) is 17.2 Å². The summed E-state index contributed by atoms with van der Waals surface area (Å²) in [5.41, 5.74) is -0.279. The quantitative estimate of drug-likeness (QED) is 0.869. The fourth-order valence-electron chi connectivity index (χ4n) is 1.80. The second-order valence-electron chi connectivity index (χ2n) is 4.25. The van der Waals surface area contributed by atoms with Crippen molar-refractivity contribution in [1.29, 1.82) is 0 Å². The third kappa shape index (κ3) is 2.81. The molecule has 0 radical (unpaired) electrons. The average Bonchev–Trinajstić information content (AvgIpc) is 2.83. The van der Waals surface area contributed by atoms with Crippen LogP contribution in [0.25, 0.3) is 0 Å². The van der Waals surface area contributed by atoms with E-state index in [4.69, 9.17) is 0 Å². The average molecular weight is 272 g/mol. The lowest BCUT2D eigenvalue weighted by atomic mass is 10.0. The number of carbonyl (C=O) groups is 1. The molecule has 1 aliphatic heterocycles. The summed E-state index contributed by atoms with van der Waals surface area (Å²) >= 11 is 3.24. The van der Waals surface area contributed by atoms with Crippen LogP contribution in [0, 0.1) is 13.8 Å². The van der Waals surface area contributed by atoms with E-state index in [1.165, 1.54) is 0 Å². The van der Waals surface area contributed by atoms with Crippen molar-refractivity contribution in [3.05, 3.63) is 15.6 Å². The first kappa shape index (κ1) is 12.9. The summed E-state index contributed by atoms with van der Waals surface area (Å²) in [7, 11) is 0. The van der Waals surface area contributed by atoms with E-state index < -0.39 is 5.60 Å². The second-order valence-corrected chi connectivity index (χ2v) is 6.77. The van der Waals surface area contributed by atoms with Gasteiger partial charge >= 0.3 is 0 Å². The highest BCUT2D eigenvalue weighted by Gasteiger charge is 2.39. The summed E-state index contributed by atoms with van der Waals surface area (Å²) in [5.74, 6) is 1.07. The molecule has 0 aromatic carbocycles. The lowest BCUT2D eigenvalue weighted by molar-refractivity contribution is -0.137. The van der Waals surface area contributed by atoms with Gasteiger partial charge in [-0.05, 0) is 26.0 Å². The zero-order valence-corrected chi connectivity index (χ0v) is 11.6. The standard InChI is InChI=1S/C11H16N2O2S2/c1-7-9(13-8(2)17-7)5-12-10(14)11(15)3-4-16-6-11/h15H,3-6H2,1-2H3,(H,12,14). The molecule has 1 unspecified atom stereocenters. The van der Waals surface area contributed by atoms with E-state index >= 15 is 0 Å². The van der Waals surface area contributed by atoms with E-state index in [1.807, 2.05) is 13.8 Å². The van der Waals surface area contributed by atoms with Crippen LogP contribution in [-0.2, 0) is 11.3 Å². The van der Waals surface area contributed by atoms with Crippen LogP contribution in [0.15, 0.2) is 0 Å². The minimum Gasteiger partial charge on any atom is -0.379 e. The maximum absolute atomic E-state index is 11.9. The summed E-state index contributed by atoms with van der Waals surface area (Å²) in [6.45, 7) is 4.35. The van der Waals surface area contributed by atoms with Crippen LogP contribution in [0.3, 0.4) is 0 Å². The number of aryl methyl sites for hydroxylation is 2. The third-order valence-corrected chi connectivity index (χ3v) is 4.94. The van der Waals surface area contributed by atoms with Crippen LogP contribution in [0.1, 0.15) is 22.0 Å². The van der Waals surface area contributed by atoms with Gasteiger partial charge in [0.15, 0.2) is 5.60 Å². The molecule has 4 nitrogen and oxygen atoms in total. The van der Waals surface area contributed by atoms with Crippen molar-refractivity contribution in [1.82, 2.24) is 10.3 Å². The highest BCUT2D eigenvalue weighted by molar-refractivity contribution is 7.99. The van der Waals surface area contributed by atoms with Gasteiger partial charge in [0.25, 0.3) is 5.91 Å². The van der Waals surface area contributed by atoms with E-state index in [0.29, 0.717) is 18.7 Å². The van der Waals surface area contributed by atoms with Crippen molar-refractivity contribution in [2.24, 2.45) is 0 Å². The summed E-state index contributed by atoms with van der Waals surface area (Å²) in [5, 5.41) is 13.8. The van der Waals surface area contributed by atoms with Gasteiger partial charge in [0.2, 0.25) is 0 Å². The number of rotatable bonds is 3. The number of hydrogen-bond acceptors (Lipinski definition) is 5. The van der Waals surface area contributed by atoms with Gasteiger partial charge in [-0.15, -0.1) is 11.3 Å². The molecule has 1 aromatic heterocycles. The van der Waals surface area contributed by atoms with Gasteiger partial charge < -0.3 is 10.4 Å². The Hall–Kier alpha value is -0.590. The molecule has 0 bridgehead atoms. The van der Waals surface area contributed by atoms with Crippen molar-refractivity contribution in [3.63, 3.8) is 0 Å². The van der Waals surface area contributed by atoms with Crippen molar-refractivity contribution in [2.45, 2.75) is 32.4 Å². The number of thioether (sulfide) groups is 1. The molecule has 2 N–H and O–H groups in total. The molecular formula is C11H16N2O2S2. The van der Waals surface area contributed by atoms with E-state index in [2.05, 4.69) is 10.3 Å². The molecule has 2 heterocycles. The molecular weight excluding hydrogens is 256 g/mol. The Bertz CT molecular complexity index is 425. The number of aromatic nitrogens is 1. The first-order chi connectivity index (χ1) is 8.01. The van der Waals surface area contributed by atoms with Crippen LogP contribution >= 0.6 is 23.1 Å². The van der Waals surface area contributed by atoms with Crippen molar-refractivity contribution >= 4 is 29.0 Å². The molecule has 94 valence electrons. The van der Waals surface area contributed by atoms with Crippen LogP contribution in [-0.4, -0.2) is 33.1 Å². The molecule has 2 rings (SSSR count). The first-order valence-corrected chi connectivity index (χ1v) is 7.50. The number of thiazole rings is 1. The predicted molar refractivity (Wildman–Crippen MR) is 70.3 cm³/mol. The zero-order valence-electron chi connectivity index (χ0n) is 9.95. The molecule has 6 heteroatoms. The Labute approximate surface area is 109 Å². The molecule has 0 saturated carbocycles. The first-order valence-electron chi connectivity index (χ1n) is 5.52. The van der Waals surface area contributed by atoms with Gasteiger partial charge in [-0.25, -0.2) is 4.98 Å². The number of amides is 1. The van der Waals surface area contributed by atoms with Crippen molar-refractivity contribution in [3.8, 4) is 0 Å². The van der Waals surface area contributed by atoms with Gasteiger partial charge in [-0.2, -0.15) is 11.8 Å². The highest BCUT2D eigenvalue weighted by Crippen LogP contribution is 2.28. The minimum atomic E-state index is -1.18. The van der Waals surface area contributed by atoms with Crippen molar-refractivity contribution in [2.75, 3.05) is 11.5 Å². The molecule has 1 amide bonds. The number of carbonyl (C=O) groups excluding carboxylic acids is 1. The second kappa shape index (κ2) is 4.96. The minimum absolute atomic E-state index is 0.271. The fraction of sp³-hybridized carbons (Fsp3) is 0.636. The molecule has 17 heavy (non-hydrogen) atoms. The highest BCUT2D eigenvalue weighted by atomic mass is 32.2. The summed E-state index contributed by atoms with van der Waals surface area (Å²) in [4.78, 5) is 17.3. The summed E-state index contributed by atoms with van der Waals surface area (Å²) in [6.07, 6.45) is 0.540. The molecule has 1 aromatic rings. The topological polar surface area (TPSA) is 62.2 Å². The Morgan fingerprint density at radius 3 is 2.88 bits per heavy atom. The zero-order chi connectivity index (χ0) is 12.5. The fourth-order valence-corrected chi connectivity index (χ4v) is 3.87. The van der Waals surface area contributed by atoms with Gasteiger partial charge in [-0.3, -0.25) is 4.79 Å². The monoisotopic (exact) mass is 272 g/mol. The van der Waals surface area contributed by atoms with Crippen LogP contribution in [0.2, 0.25) is 0 Å². The smallest absolute Gasteiger partial charge is 0.253 e. The third-order valence-electron chi connectivity index (χ3n) is 2.84. The van der Waals surface area contributed by atoms with E-state index in [-0.39, 0.29) is 5.91 Å². The molecule has 0 spiro atoms. The van der Waals surface area contributed by atoms with Crippen molar-refractivity contribution < 1.29 is 9.90 Å². The Morgan fingerprint density at radius 2 is 2.35 bits per heavy atom. The van der Waals surface area contributed by atoms with E-state index in [9.17, 15) is 9.90 Å².